The third-order valence-electron chi connectivity index (χ3n) is 6.44. The number of nitrogens with zero attached hydrogens (tertiary/aromatic N) is 5. The summed E-state index contributed by atoms with van der Waals surface area (Å²) in [4.78, 5) is 20.8. The van der Waals surface area contributed by atoms with E-state index in [9.17, 15) is 4.79 Å². The van der Waals surface area contributed by atoms with Gasteiger partial charge in [0.2, 0.25) is 5.95 Å². The highest BCUT2D eigenvalue weighted by Gasteiger charge is 2.21. The second kappa shape index (κ2) is 10.6. The first-order valence-electron chi connectivity index (χ1n) is 12.4. The molecule has 0 saturated carbocycles. The molecule has 5 aromatic rings. The monoisotopic (exact) mass is 478 g/mol. The minimum Gasteiger partial charge on any atom is -0.309 e. The highest BCUT2D eigenvalue weighted by molar-refractivity contribution is 6.08. The summed E-state index contributed by atoms with van der Waals surface area (Å²) in [5, 5.41) is 7.87. The van der Waals surface area contributed by atoms with Crippen LogP contribution in [0.25, 0.3) is 28.0 Å². The van der Waals surface area contributed by atoms with Gasteiger partial charge in [0.15, 0.2) is 0 Å². The Bertz CT molecular complexity index is 1450. The van der Waals surface area contributed by atoms with Gasteiger partial charge < -0.3 is 9.47 Å². The first kappa shape index (κ1) is 23.5. The predicted molar refractivity (Wildman–Crippen MR) is 144 cm³/mol. The van der Waals surface area contributed by atoms with Crippen LogP contribution in [0.15, 0.2) is 91.1 Å². The van der Waals surface area contributed by atoms with E-state index in [-0.39, 0.29) is 5.91 Å². The normalized spacial score (nSPS) is 11.3. The number of amides is 1. The number of anilines is 1. The van der Waals surface area contributed by atoms with Crippen molar-refractivity contribution in [2.75, 3.05) is 25.0 Å². The van der Waals surface area contributed by atoms with Crippen molar-refractivity contribution in [1.82, 2.24) is 24.2 Å². The molecule has 5 rings (SSSR count). The van der Waals surface area contributed by atoms with Crippen LogP contribution in [0.2, 0.25) is 0 Å². The molecule has 1 N–H and O–H groups in total. The maximum Gasteiger partial charge on any atom is 0.261 e. The lowest BCUT2D eigenvalue weighted by Gasteiger charge is -2.19. The summed E-state index contributed by atoms with van der Waals surface area (Å²) in [6, 6.07) is 27.6. The van der Waals surface area contributed by atoms with Gasteiger partial charge >= 0.3 is 0 Å². The van der Waals surface area contributed by atoms with Crippen LogP contribution in [-0.4, -0.2) is 49.8 Å². The van der Waals surface area contributed by atoms with Gasteiger partial charge in [0, 0.05) is 24.8 Å². The molecule has 0 unspecified atom stereocenters. The first-order chi connectivity index (χ1) is 17.7. The number of para-hydroxylation sites is 3. The Kier molecular flexibility index (Phi) is 6.91. The number of imidazole rings is 1. The molecule has 0 atom stereocenters. The molecule has 182 valence electrons. The van der Waals surface area contributed by atoms with Gasteiger partial charge in [0.1, 0.15) is 5.69 Å². The molecule has 0 spiro atoms. The van der Waals surface area contributed by atoms with Crippen molar-refractivity contribution in [3.05, 3.63) is 96.7 Å². The molecular formula is C29H30N6O. The standard InChI is InChI=1S/C29H30N6O/c1-3-33(4-2)19-20-34-26-18-12-11-17-25(26)30-29(34)31-28(36)24-21-35(23-15-9-6-10-16-23)32-27(24)22-13-7-5-8-14-22/h5-18,21H,3-4,19-20H2,1-2H3,(H,30,31,36). The quantitative estimate of drug-likeness (QED) is 0.304. The van der Waals surface area contributed by atoms with Crippen molar-refractivity contribution in [3.63, 3.8) is 0 Å². The summed E-state index contributed by atoms with van der Waals surface area (Å²) < 4.78 is 3.84. The predicted octanol–water partition coefficient (Wildman–Crippen LogP) is 5.48. The van der Waals surface area contributed by atoms with Crippen LogP contribution in [0.5, 0.6) is 0 Å². The van der Waals surface area contributed by atoms with Crippen molar-refractivity contribution in [2.45, 2.75) is 20.4 Å². The molecule has 1 amide bonds. The Balaban J connectivity index is 1.52. The second-order valence-corrected chi connectivity index (χ2v) is 8.59. The smallest absolute Gasteiger partial charge is 0.261 e. The Morgan fingerprint density at radius 3 is 2.28 bits per heavy atom. The number of carbonyl (C=O) groups is 1. The van der Waals surface area contributed by atoms with Gasteiger partial charge in [-0.2, -0.15) is 5.10 Å². The summed E-state index contributed by atoms with van der Waals surface area (Å²) in [5.41, 5.74) is 4.75. The van der Waals surface area contributed by atoms with E-state index in [2.05, 4.69) is 28.6 Å². The summed E-state index contributed by atoms with van der Waals surface area (Å²) in [6.07, 6.45) is 1.79. The van der Waals surface area contributed by atoms with E-state index in [4.69, 9.17) is 10.1 Å². The number of carbonyl (C=O) groups excluding carboxylic acids is 1. The number of likely N-dealkylation sites (N-methyl/N-ethyl adjacent to an activating group) is 1. The molecule has 2 aromatic heterocycles. The Morgan fingerprint density at radius 1 is 0.889 bits per heavy atom. The van der Waals surface area contributed by atoms with Crippen molar-refractivity contribution < 1.29 is 4.79 Å². The van der Waals surface area contributed by atoms with Crippen molar-refractivity contribution in [1.29, 1.82) is 0 Å². The highest BCUT2D eigenvalue weighted by atomic mass is 16.1. The maximum atomic E-state index is 13.7. The van der Waals surface area contributed by atoms with Gasteiger partial charge in [-0.1, -0.05) is 74.5 Å². The second-order valence-electron chi connectivity index (χ2n) is 8.59. The van der Waals surface area contributed by atoms with E-state index in [0.29, 0.717) is 17.2 Å². The molecule has 36 heavy (non-hydrogen) atoms. The molecule has 0 radical (unpaired) electrons. The lowest BCUT2D eigenvalue weighted by Crippen LogP contribution is -2.27. The number of rotatable bonds is 9. The van der Waals surface area contributed by atoms with Crippen LogP contribution in [0.4, 0.5) is 5.95 Å². The fourth-order valence-corrected chi connectivity index (χ4v) is 4.41. The van der Waals surface area contributed by atoms with Gasteiger partial charge in [-0.3, -0.25) is 10.1 Å². The van der Waals surface area contributed by atoms with Gasteiger partial charge in [-0.25, -0.2) is 9.67 Å². The van der Waals surface area contributed by atoms with Crippen molar-refractivity contribution >= 4 is 22.9 Å². The number of fused-ring (bicyclic) bond motifs is 1. The average molecular weight is 479 g/mol. The molecule has 7 nitrogen and oxygen atoms in total. The third kappa shape index (κ3) is 4.78. The zero-order valence-electron chi connectivity index (χ0n) is 20.6. The topological polar surface area (TPSA) is 68.0 Å². The van der Waals surface area contributed by atoms with E-state index in [1.54, 1.807) is 10.9 Å². The fourth-order valence-electron chi connectivity index (χ4n) is 4.41. The molecular weight excluding hydrogens is 448 g/mol. The van der Waals surface area contributed by atoms with E-state index in [1.165, 1.54) is 0 Å². The molecule has 0 fully saturated rings. The van der Waals surface area contributed by atoms with Crippen LogP contribution in [-0.2, 0) is 6.54 Å². The molecule has 3 aromatic carbocycles. The molecule has 0 bridgehead atoms. The van der Waals surface area contributed by atoms with E-state index in [0.717, 1.165) is 48.5 Å². The van der Waals surface area contributed by atoms with E-state index in [1.807, 2.05) is 84.9 Å². The van der Waals surface area contributed by atoms with E-state index >= 15 is 0 Å². The van der Waals surface area contributed by atoms with Crippen LogP contribution >= 0.6 is 0 Å². The Morgan fingerprint density at radius 2 is 1.56 bits per heavy atom. The minimum absolute atomic E-state index is 0.240. The summed E-state index contributed by atoms with van der Waals surface area (Å²) >= 11 is 0. The SMILES string of the molecule is CCN(CC)CCn1c(NC(=O)c2cn(-c3ccccc3)nc2-c2ccccc2)nc2ccccc21. The van der Waals surface area contributed by atoms with Crippen molar-refractivity contribution in [2.24, 2.45) is 0 Å². The summed E-state index contributed by atoms with van der Waals surface area (Å²) in [5.74, 6) is 0.301. The van der Waals surface area contributed by atoms with Crippen LogP contribution in [0, 0.1) is 0 Å². The molecule has 0 aliphatic rings. The van der Waals surface area contributed by atoms with Crippen LogP contribution in [0.1, 0.15) is 24.2 Å². The van der Waals surface area contributed by atoms with Gasteiger partial charge in [0.25, 0.3) is 5.91 Å². The highest BCUT2D eigenvalue weighted by Crippen LogP contribution is 2.26. The van der Waals surface area contributed by atoms with Crippen LogP contribution in [0.3, 0.4) is 0 Å². The maximum absolute atomic E-state index is 13.7. The number of hydrogen-bond acceptors (Lipinski definition) is 4. The van der Waals surface area contributed by atoms with Gasteiger partial charge in [-0.15, -0.1) is 0 Å². The third-order valence-corrected chi connectivity index (χ3v) is 6.44. The number of aromatic nitrogens is 4. The average Bonchev–Trinajstić information content (AvgIpc) is 3.52. The number of nitrogens with one attached hydrogen (secondary N) is 1. The molecule has 7 heteroatoms. The number of hydrogen-bond donors (Lipinski definition) is 1. The van der Waals surface area contributed by atoms with E-state index < -0.39 is 0 Å². The largest absolute Gasteiger partial charge is 0.309 e. The van der Waals surface area contributed by atoms with Gasteiger partial charge in [0.05, 0.1) is 22.3 Å². The lowest BCUT2D eigenvalue weighted by molar-refractivity contribution is 0.102. The first-order valence-corrected chi connectivity index (χ1v) is 12.4. The fraction of sp³-hybridized carbons (Fsp3) is 0.207. The molecule has 2 heterocycles. The Hall–Kier alpha value is -4.23. The molecule has 0 aliphatic carbocycles. The minimum atomic E-state index is -0.240. The van der Waals surface area contributed by atoms with Crippen LogP contribution < -0.4 is 5.32 Å². The summed E-state index contributed by atoms with van der Waals surface area (Å²) in [6.45, 7) is 7.87. The van der Waals surface area contributed by atoms with Gasteiger partial charge in [-0.05, 0) is 37.4 Å². The summed E-state index contributed by atoms with van der Waals surface area (Å²) in [7, 11) is 0. The van der Waals surface area contributed by atoms with Crippen molar-refractivity contribution in [3.8, 4) is 16.9 Å². The zero-order chi connectivity index (χ0) is 24.9. The molecule has 0 aliphatic heterocycles. The molecule has 0 saturated heterocycles. The zero-order valence-corrected chi connectivity index (χ0v) is 20.6. The lowest BCUT2D eigenvalue weighted by atomic mass is 10.1. The Labute approximate surface area is 211 Å². The number of benzene rings is 3.